The van der Waals surface area contributed by atoms with Crippen molar-refractivity contribution in [2.75, 3.05) is 0 Å². The molecule has 2 aromatic carbocycles. The molecule has 1 saturated carbocycles. The molecule has 1 spiro atoms. The zero-order valence-corrected chi connectivity index (χ0v) is 17.2. The first-order valence-corrected chi connectivity index (χ1v) is 10.6. The van der Waals surface area contributed by atoms with Gasteiger partial charge in [-0.2, -0.15) is 13.2 Å². The van der Waals surface area contributed by atoms with Gasteiger partial charge >= 0.3 is 6.18 Å². The highest BCUT2D eigenvalue weighted by molar-refractivity contribution is 5.29. The van der Waals surface area contributed by atoms with Gasteiger partial charge in [-0.1, -0.05) is 60.7 Å². The second-order valence-corrected chi connectivity index (χ2v) is 9.00. The van der Waals surface area contributed by atoms with Crippen LogP contribution in [-0.2, 0) is 17.6 Å². The minimum atomic E-state index is -4.49. The molecule has 1 saturated heterocycles. The lowest BCUT2D eigenvalue weighted by Crippen LogP contribution is -2.66. The molecule has 1 unspecified atom stereocenters. The molecular weight excluding hydrogens is 389 g/mol. The molecule has 0 amide bonds. The molecule has 2 fully saturated rings. The van der Waals surface area contributed by atoms with Gasteiger partial charge in [0.1, 0.15) is 16.9 Å². The molecule has 1 atom stereocenters. The van der Waals surface area contributed by atoms with E-state index in [0.29, 0.717) is 25.7 Å². The number of benzene rings is 2. The van der Waals surface area contributed by atoms with Crippen LogP contribution in [0.1, 0.15) is 43.7 Å². The van der Waals surface area contributed by atoms with Gasteiger partial charge in [-0.15, -0.1) is 0 Å². The maximum Gasteiger partial charge on any atom is 0.409 e. The first-order valence-electron chi connectivity index (χ1n) is 10.6. The summed E-state index contributed by atoms with van der Waals surface area (Å²) >= 11 is 0. The van der Waals surface area contributed by atoms with Gasteiger partial charge in [0.2, 0.25) is 0 Å². The van der Waals surface area contributed by atoms with Gasteiger partial charge in [0, 0.05) is 18.9 Å². The highest BCUT2D eigenvalue weighted by Gasteiger charge is 2.72. The van der Waals surface area contributed by atoms with E-state index in [0.717, 1.165) is 11.1 Å². The Labute approximate surface area is 175 Å². The largest absolute Gasteiger partial charge is 0.409 e. The summed E-state index contributed by atoms with van der Waals surface area (Å²) in [5.41, 5.74) is 3.02. The summed E-state index contributed by atoms with van der Waals surface area (Å²) in [5.74, 6) is 0. The molecule has 0 radical (unpaired) electrons. The lowest BCUT2D eigenvalue weighted by Gasteiger charge is -2.43. The third kappa shape index (κ3) is 3.77. The van der Waals surface area contributed by atoms with E-state index < -0.39 is 23.0 Å². The number of ether oxygens (including phenoxy) is 1. The molecule has 2 aromatic rings. The van der Waals surface area contributed by atoms with Gasteiger partial charge in [-0.25, -0.2) is 0 Å². The Morgan fingerprint density at radius 1 is 0.933 bits per heavy atom. The van der Waals surface area contributed by atoms with Gasteiger partial charge in [-0.3, -0.25) is 5.32 Å². The summed E-state index contributed by atoms with van der Waals surface area (Å²) in [6.07, 6.45) is -1.91. The van der Waals surface area contributed by atoms with E-state index in [2.05, 4.69) is 5.32 Å². The van der Waals surface area contributed by atoms with Gasteiger partial charge in [0.25, 0.3) is 0 Å². The Hall–Kier alpha value is -1.89. The fourth-order valence-corrected chi connectivity index (χ4v) is 5.07. The van der Waals surface area contributed by atoms with Crippen molar-refractivity contribution in [1.82, 2.24) is 5.32 Å². The normalized spacial score (nSPS) is 31.2. The van der Waals surface area contributed by atoms with Crippen LogP contribution in [0.2, 0.25) is 0 Å². The number of halogens is 3. The predicted octanol–water partition coefficient (Wildman–Crippen LogP) is 4.75. The third-order valence-corrected chi connectivity index (χ3v) is 6.85. The van der Waals surface area contributed by atoms with Crippen molar-refractivity contribution < 1.29 is 17.9 Å². The van der Waals surface area contributed by atoms with Crippen LogP contribution in [0.5, 0.6) is 0 Å². The molecule has 30 heavy (non-hydrogen) atoms. The van der Waals surface area contributed by atoms with E-state index in [1.165, 1.54) is 6.92 Å². The molecule has 1 aliphatic heterocycles. The van der Waals surface area contributed by atoms with Crippen LogP contribution in [0.3, 0.4) is 0 Å². The smallest absolute Gasteiger partial charge is 0.351 e. The lowest BCUT2D eigenvalue weighted by atomic mass is 9.73. The fraction of sp³-hybridized carbons (Fsp3) is 0.500. The average molecular weight is 419 g/mol. The van der Waals surface area contributed by atoms with Crippen LogP contribution in [0.25, 0.3) is 0 Å². The number of hydrogen-bond donors (Lipinski definition) is 2. The van der Waals surface area contributed by atoms with Crippen LogP contribution >= 0.6 is 0 Å². The predicted molar refractivity (Wildman–Crippen MR) is 111 cm³/mol. The molecule has 2 aliphatic rings. The van der Waals surface area contributed by atoms with Crippen molar-refractivity contribution in [2.45, 2.75) is 74.5 Å². The van der Waals surface area contributed by atoms with Crippen LogP contribution in [0.15, 0.2) is 60.7 Å². The van der Waals surface area contributed by atoms with E-state index in [1.54, 1.807) is 0 Å². The molecule has 0 bridgehead atoms. The second kappa shape index (κ2) is 7.66. The quantitative estimate of drug-likeness (QED) is 0.753. The molecule has 0 aromatic heterocycles. The standard InChI is InChI=1S/C24H29F3N2O/c1-21(24(25,26)27)22(16-18-8-4-2-5-9-18,17-19-10-6-3-7-11-19)30-23(29-21)14-12-20(28)13-15-23/h2-11,20,29H,12-17,28H2,1H3. The summed E-state index contributed by atoms with van der Waals surface area (Å²) < 4.78 is 50.7. The number of alkyl halides is 3. The molecule has 3 nitrogen and oxygen atoms in total. The molecule has 162 valence electrons. The van der Waals surface area contributed by atoms with Gasteiger partial charge < -0.3 is 10.5 Å². The summed E-state index contributed by atoms with van der Waals surface area (Å²) in [6, 6.07) is 18.6. The maximum absolute atomic E-state index is 14.7. The van der Waals surface area contributed by atoms with Crippen LogP contribution in [-0.4, -0.2) is 29.1 Å². The van der Waals surface area contributed by atoms with Gasteiger partial charge in [0.15, 0.2) is 0 Å². The van der Waals surface area contributed by atoms with E-state index in [-0.39, 0.29) is 18.9 Å². The second-order valence-electron chi connectivity index (χ2n) is 9.00. The maximum atomic E-state index is 14.7. The molecule has 3 N–H and O–H groups in total. The Balaban J connectivity index is 1.81. The summed E-state index contributed by atoms with van der Waals surface area (Å²) in [7, 11) is 0. The zero-order chi connectivity index (χ0) is 21.5. The molecule has 1 heterocycles. The van der Waals surface area contributed by atoms with E-state index in [1.807, 2.05) is 60.7 Å². The Morgan fingerprint density at radius 3 is 1.83 bits per heavy atom. The van der Waals surface area contributed by atoms with Crippen molar-refractivity contribution in [1.29, 1.82) is 0 Å². The molecule has 4 rings (SSSR count). The van der Waals surface area contributed by atoms with E-state index >= 15 is 0 Å². The number of nitrogens with two attached hydrogens (primary N) is 1. The van der Waals surface area contributed by atoms with Gasteiger partial charge in [-0.05, 0) is 43.7 Å². The Bertz CT molecular complexity index is 806. The minimum absolute atomic E-state index is 0.0106. The summed E-state index contributed by atoms with van der Waals surface area (Å²) in [5, 5.41) is 2.97. The minimum Gasteiger partial charge on any atom is -0.351 e. The summed E-state index contributed by atoms with van der Waals surface area (Å²) in [6.45, 7) is 1.27. The monoisotopic (exact) mass is 418 g/mol. The van der Waals surface area contributed by atoms with Crippen molar-refractivity contribution in [3.63, 3.8) is 0 Å². The zero-order valence-electron chi connectivity index (χ0n) is 17.2. The summed E-state index contributed by atoms with van der Waals surface area (Å²) in [4.78, 5) is 0. The fourth-order valence-electron chi connectivity index (χ4n) is 5.07. The molecular formula is C24H29F3N2O. The van der Waals surface area contributed by atoms with Crippen LogP contribution in [0, 0.1) is 0 Å². The molecule has 1 aliphatic carbocycles. The third-order valence-electron chi connectivity index (χ3n) is 6.85. The average Bonchev–Trinajstić information content (AvgIpc) is 2.94. The highest BCUT2D eigenvalue weighted by atomic mass is 19.4. The van der Waals surface area contributed by atoms with E-state index in [9.17, 15) is 13.2 Å². The number of hydrogen-bond acceptors (Lipinski definition) is 3. The SMILES string of the molecule is CC1(C(F)(F)F)NC2(CCC(N)CC2)OC1(Cc1ccccc1)Cc1ccccc1. The first kappa shape index (κ1) is 21.3. The van der Waals surface area contributed by atoms with Crippen molar-refractivity contribution in [3.8, 4) is 0 Å². The van der Waals surface area contributed by atoms with Crippen LogP contribution < -0.4 is 11.1 Å². The number of rotatable bonds is 4. The first-order chi connectivity index (χ1) is 14.2. The van der Waals surface area contributed by atoms with E-state index in [4.69, 9.17) is 10.5 Å². The van der Waals surface area contributed by atoms with Crippen molar-refractivity contribution >= 4 is 0 Å². The number of nitrogens with one attached hydrogen (secondary N) is 1. The van der Waals surface area contributed by atoms with Crippen molar-refractivity contribution in [2.24, 2.45) is 5.73 Å². The van der Waals surface area contributed by atoms with Crippen LogP contribution in [0.4, 0.5) is 13.2 Å². The Morgan fingerprint density at radius 2 is 1.40 bits per heavy atom. The van der Waals surface area contributed by atoms with Gasteiger partial charge in [0.05, 0.1) is 0 Å². The molecule has 6 heteroatoms. The lowest BCUT2D eigenvalue weighted by molar-refractivity contribution is -0.226. The Kier molecular flexibility index (Phi) is 5.45. The van der Waals surface area contributed by atoms with Crippen molar-refractivity contribution in [3.05, 3.63) is 71.8 Å². The highest BCUT2D eigenvalue weighted by Crippen LogP contribution is 2.53. The topological polar surface area (TPSA) is 47.3 Å².